The van der Waals surface area contributed by atoms with Crippen molar-refractivity contribution in [2.75, 3.05) is 26.0 Å². The molecule has 0 saturated heterocycles. The van der Waals surface area contributed by atoms with Gasteiger partial charge in [-0.2, -0.15) is 0 Å². The molecule has 0 aromatic heterocycles. The summed E-state index contributed by atoms with van der Waals surface area (Å²) in [5, 5.41) is 0. The number of benzene rings is 1. The van der Waals surface area contributed by atoms with E-state index in [1.54, 1.807) is 0 Å². The van der Waals surface area contributed by atoms with Crippen molar-refractivity contribution in [1.82, 2.24) is 9.80 Å². The minimum absolute atomic E-state index is 0.822. The summed E-state index contributed by atoms with van der Waals surface area (Å²) in [5.74, 6) is 0. The third-order valence-electron chi connectivity index (χ3n) is 4.54. The van der Waals surface area contributed by atoms with Gasteiger partial charge in [-0.1, -0.05) is 82.9 Å². The molecule has 3 heteroatoms. The predicted octanol–water partition coefficient (Wildman–Crippen LogP) is 5.85. The maximum absolute atomic E-state index is 5.36. The molecule has 0 spiro atoms. The van der Waals surface area contributed by atoms with Crippen LogP contribution < -0.4 is 5.73 Å². The van der Waals surface area contributed by atoms with Crippen molar-refractivity contribution < 1.29 is 0 Å². The number of hydrogen-bond donors (Lipinski definition) is 1. The first kappa shape index (κ1) is 21.4. The number of nitrogens with zero attached hydrogens (tertiary/aromatic N) is 2. The summed E-state index contributed by atoms with van der Waals surface area (Å²) in [7, 11) is 2.13. The van der Waals surface area contributed by atoms with Gasteiger partial charge in [0.25, 0.3) is 0 Å². The summed E-state index contributed by atoms with van der Waals surface area (Å²) in [5.41, 5.74) is 6.18. The van der Waals surface area contributed by atoms with Gasteiger partial charge in [-0.05, 0) is 18.6 Å². The Bertz CT molecular complexity index is 430. The van der Waals surface area contributed by atoms with Gasteiger partial charge in [0, 0.05) is 31.7 Å². The van der Waals surface area contributed by atoms with Crippen molar-refractivity contribution in [1.29, 1.82) is 0 Å². The fourth-order valence-corrected chi connectivity index (χ4v) is 2.99. The van der Waals surface area contributed by atoms with Crippen LogP contribution in [0.1, 0.15) is 71.1 Å². The molecule has 1 aliphatic heterocycles. The van der Waals surface area contributed by atoms with Crippen molar-refractivity contribution in [3.63, 3.8) is 0 Å². The van der Waals surface area contributed by atoms with Crippen LogP contribution in [0.4, 0.5) is 5.69 Å². The van der Waals surface area contributed by atoms with E-state index >= 15 is 0 Å². The minimum atomic E-state index is 0.822. The fraction of sp³-hybridized carbons (Fsp3) is 0.636. The van der Waals surface area contributed by atoms with E-state index in [1.807, 2.05) is 30.3 Å². The van der Waals surface area contributed by atoms with Crippen LogP contribution in [0.25, 0.3) is 0 Å². The van der Waals surface area contributed by atoms with Gasteiger partial charge in [-0.25, -0.2) is 0 Å². The Morgan fingerprint density at radius 1 is 0.800 bits per heavy atom. The molecule has 1 heterocycles. The average Bonchev–Trinajstić information content (AvgIpc) is 3.03. The van der Waals surface area contributed by atoms with E-state index in [0.29, 0.717) is 0 Å². The van der Waals surface area contributed by atoms with Gasteiger partial charge in [-0.3, -0.25) is 0 Å². The predicted molar refractivity (Wildman–Crippen MR) is 111 cm³/mol. The smallest absolute Gasteiger partial charge is 0.0890 e. The van der Waals surface area contributed by atoms with E-state index in [2.05, 4.69) is 36.2 Å². The summed E-state index contributed by atoms with van der Waals surface area (Å²) in [6.07, 6.45) is 18.6. The first-order chi connectivity index (χ1) is 12.2. The molecule has 0 radical (unpaired) electrons. The number of para-hydroxylation sites is 1. The summed E-state index contributed by atoms with van der Waals surface area (Å²) in [6, 6.07) is 9.49. The highest BCUT2D eigenvalue weighted by atomic mass is 15.3. The standard InChI is InChI=1S/C16H32N2.C6H7N/c1-3-4-5-6-7-8-9-10-11-12-13-18-15-14-17(2)16-18;7-6-4-2-1-3-5-6/h14-15H,3-13,16H2,1-2H3;1-5H,7H2. The molecule has 3 nitrogen and oxygen atoms in total. The average molecular weight is 346 g/mol. The zero-order chi connectivity index (χ0) is 18.2. The third kappa shape index (κ3) is 12.4. The first-order valence-corrected chi connectivity index (χ1v) is 10.2. The molecule has 0 bridgehead atoms. The van der Waals surface area contributed by atoms with E-state index in [-0.39, 0.29) is 0 Å². The van der Waals surface area contributed by atoms with Crippen LogP contribution in [-0.2, 0) is 0 Å². The first-order valence-electron chi connectivity index (χ1n) is 10.2. The van der Waals surface area contributed by atoms with Crippen molar-refractivity contribution in [2.45, 2.75) is 71.1 Å². The molecule has 0 amide bonds. The molecule has 25 heavy (non-hydrogen) atoms. The zero-order valence-corrected chi connectivity index (χ0v) is 16.5. The van der Waals surface area contributed by atoms with E-state index in [1.165, 1.54) is 70.8 Å². The lowest BCUT2D eigenvalue weighted by Gasteiger charge is -2.17. The molecule has 0 unspecified atom stereocenters. The second-order valence-corrected chi connectivity index (χ2v) is 7.10. The molecule has 2 N–H and O–H groups in total. The molecular weight excluding hydrogens is 306 g/mol. The van der Waals surface area contributed by atoms with E-state index in [0.717, 1.165) is 12.4 Å². The summed E-state index contributed by atoms with van der Waals surface area (Å²) in [4.78, 5) is 4.64. The highest BCUT2D eigenvalue weighted by Gasteiger charge is 2.06. The Hall–Kier alpha value is -1.64. The van der Waals surface area contributed by atoms with Crippen LogP contribution in [0, 0.1) is 0 Å². The Labute approximate surface area is 155 Å². The summed E-state index contributed by atoms with van der Waals surface area (Å²) in [6.45, 7) is 4.60. The third-order valence-corrected chi connectivity index (χ3v) is 4.54. The van der Waals surface area contributed by atoms with Gasteiger partial charge in [0.2, 0.25) is 0 Å². The molecule has 1 aliphatic rings. The van der Waals surface area contributed by atoms with Gasteiger partial charge >= 0.3 is 0 Å². The Morgan fingerprint density at radius 2 is 1.36 bits per heavy atom. The molecule has 1 aromatic rings. The van der Waals surface area contributed by atoms with E-state index < -0.39 is 0 Å². The van der Waals surface area contributed by atoms with Gasteiger partial charge in [-0.15, -0.1) is 0 Å². The van der Waals surface area contributed by atoms with Crippen molar-refractivity contribution in [2.24, 2.45) is 0 Å². The number of rotatable bonds is 11. The lowest BCUT2D eigenvalue weighted by atomic mass is 10.1. The van der Waals surface area contributed by atoms with Crippen molar-refractivity contribution >= 4 is 5.69 Å². The quantitative estimate of drug-likeness (QED) is 0.403. The molecule has 2 rings (SSSR count). The Morgan fingerprint density at radius 3 is 1.80 bits per heavy atom. The van der Waals surface area contributed by atoms with Gasteiger partial charge < -0.3 is 15.5 Å². The van der Waals surface area contributed by atoms with Gasteiger partial charge in [0.15, 0.2) is 0 Å². The second-order valence-electron chi connectivity index (χ2n) is 7.10. The Kier molecular flexibility index (Phi) is 12.6. The normalized spacial score (nSPS) is 13.0. The maximum Gasteiger partial charge on any atom is 0.0890 e. The topological polar surface area (TPSA) is 32.5 Å². The molecule has 0 fully saturated rings. The second kappa shape index (κ2) is 14.7. The van der Waals surface area contributed by atoms with Crippen LogP contribution >= 0.6 is 0 Å². The Balaban J connectivity index is 0.000000370. The van der Waals surface area contributed by atoms with Gasteiger partial charge in [0.05, 0.1) is 6.67 Å². The molecule has 142 valence electrons. The SMILES string of the molecule is CCCCCCCCCCCCN1C=CN(C)C1.Nc1ccccc1. The van der Waals surface area contributed by atoms with Crippen molar-refractivity contribution in [3.05, 3.63) is 42.7 Å². The zero-order valence-electron chi connectivity index (χ0n) is 16.5. The number of nitrogens with two attached hydrogens (primary N) is 1. The molecule has 1 aromatic carbocycles. The van der Waals surface area contributed by atoms with E-state index in [9.17, 15) is 0 Å². The van der Waals surface area contributed by atoms with Crippen LogP contribution in [0.5, 0.6) is 0 Å². The number of unbranched alkanes of at least 4 members (excludes halogenated alkanes) is 9. The monoisotopic (exact) mass is 345 g/mol. The maximum atomic E-state index is 5.36. The lowest BCUT2D eigenvalue weighted by Crippen LogP contribution is -2.23. The highest BCUT2D eigenvalue weighted by Crippen LogP contribution is 2.11. The highest BCUT2D eigenvalue weighted by molar-refractivity contribution is 5.35. The minimum Gasteiger partial charge on any atom is -0.399 e. The van der Waals surface area contributed by atoms with Crippen LogP contribution in [0.2, 0.25) is 0 Å². The number of nitrogen functional groups attached to an aromatic ring is 1. The van der Waals surface area contributed by atoms with Gasteiger partial charge in [0.1, 0.15) is 0 Å². The van der Waals surface area contributed by atoms with Crippen LogP contribution in [0.15, 0.2) is 42.7 Å². The van der Waals surface area contributed by atoms with Crippen molar-refractivity contribution in [3.8, 4) is 0 Å². The lowest BCUT2D eigenvalue weighted by molar-refractivity contribution is 0.290. The van der Waals surface area contributed by atoms with Crippen LogP contribution in [0.3, 0.4) is 0 Å². The summed E-state index contributed by atoms with van der Waals surface area (Å²) < 4.78 is 0. The largest absolute Gasteiger partial charge is 0.399 e. The van der Waals surface area contributed by atoms with Crippen LogP contribution in [-0.4, -0.2) is 30.1 Å². The fourth-order valence-electron chi connectivity index (χ4n) is 2.99. The molecule has 0 aliphatic carbocycles. The molecular formula is C22H39N3. The number of anilines is 1. The van der Waals surface area contributed by atoms with E-state index in [4.69, 9.17) is 5.73 Å². The summed E-state index contributed by atoms with van der Waals surface area (Å²) >= 11 is 0. The molecule has 0 atom stereocenters. The number of hydrogen-bond acceptors (Lipinski definition) is 3. The molecule has 0 saturated carbocycles.